The van der Waals surface area contributed by atoms with Gasteiger partial charge in [-0.3, -0.25) is 4.79 Å². The van der Waals surface area contributed by atoms with E-state index in [1.165, 1.54) is 0 Å². The molecule has 0 aromatic rings. The third kappa shape index (κ3) is 6.71. The number of hydrogen-bond donors (Lipinski definition) is 2. The largest absolute Gasteiger partial charge is 0.392 e. The van der Waals surface area contributed by atoms with Gasteiger partial charge >= 0.3 is 0 Å². The monoisotopic (exact) mass is 248 g/mol. The van der Waals surface area contributed by atoms with Crippen LogP contribution in [0.4, 0.5) is 0 Å². The molecule has 6 heteroatoms. The predicted octanol–water partition coefficient (Wildman–Crippen LogP) is 0.0763. The molecule has 0 spiro atoms. The summed E-state index contributed by atoms with van der Waals surface area (Å²) in [6.07, 6.45) is 0. The smallest absolute Gasteiger partial charge is 0.246 e. The van der Waals surface area contributed by atoms with E-state index in [4.69, 9.17) is 27.4 Å². The standard InChI is InChI=1S/C10H20N2O3S/c1-7(2)9(10(11)16)12-8(13)6-15-5-4-14-3/h7,9H,4-6H2,1-3H3,(H2,11,16)(H,12,13). The predicted molar refractivity (Wildman–Crippen MR) is 66.2 cm³/mol. The molecule has 0 saturated carbocycles. The third-order valence-corrected chi connectivity index (χ3v) is 2.21. The molecule has 0 aliphatic carbocycles. The number of ether oxygens (including phenoxy) is 2. The van der Waals surface area contributed by atoms with E-state index in [1.807, 2.05) is 13.8 Å². The Kier molecular flexibility index (Phi) is 8.05. The van der Waals surface area contributed by atoms with Crippen molar-refractivity contribution < 1.29 is 14.3 Å². The van der Waals surface area contributed by atoms with Crippen LogP contribution in [0.2, 0.25) is 0 Å². The van der Waals surface area contributed by atoms with Crippen LogP contribution in [-0.2, 0) is 14.3 Å². The molecule has 1 amide bonds. The molecular formula is C10H20N2O3S. The quantitative estimate of drug-likeness (QED) is 0.470. The highest BCUT2D eigenvalue weighted by Crippen LogP contribution is 2.01. The molecule has 0 aliphatic heterocycles. The average Bonchev–Trinajstić information content (AvgIpc) is 2.20. The van der Waals surface area contributed by atoms with Crippen LogP contribution in [0.5, 0.6) is 0 Å². The zero-order valence-electron chi connectivity index (χ0n) is 9.99. The van der Waals surface area contributed by atoms with Gasteiger partial charge in [-0.1, -0.05) is 26.1 Å². The van der Waals surface area contributed by atoms with Crippen LogP contribution in [0.3, 0.4) is 0 Å². The highest BCUT2D eigenvalue weighted by atomic mass is 32.1. The van der Waals surface area contributed by atoms with Gasteiger partial charge in [0.2, 0.25) is 5.91 Å². The number of carbonyl (C=O) groups excluding carboxylic acids is 1. The van der Waals surface area contributed by atoms with Crippen LogP contribution >= 0.6 is 12.2 Å². The Balaban J connectivity index is 3.87. The summed E-state index contributed by atoms with van der Waals surface area (Å²) in [5.41, 5.74) is 5.52. The first-order valence-corrected chi connectivity index (χ1v) is 5.55. The summed E-state index contributed by atoms with van der Waals surface area (Å²) in [7, 11) is 1.57. The van der Waals surface area contributed by atoms with Crippen LogP contribution in [0.15, 0.2) is 0 Å². The van der Waals surface area contributed by atoms with Gasteiger partial charge in [-0.15, -0.1) is 0 Å². The second-order valence-electron chi connectivity index (χ2n) is 3.74. The van der Waals surface area contributed by atoms with Gasteiger partial charge in [-0.05, 0) is 5.92 Å². The lowest BCUT2D eigenvalue weighted by atomic mass is 10.0. The summed E-state index contributed by atoms with van der Waals surface area (Å²) in [5.74, 6) is -0.0528. The van der Waals surface area contributed by atoms with Crippen molar-refractivity contribution >= 4 is 23.1 Å². The van der Waals surface area contributed by atoms with Crippen molar-refractivity contribution in [2.75, 3.05) is 26.9 Å². The van der Waals surface area contributed by atoms with Crippen molar-refractivity contribution in [2.24, 2.45) is 11.7 Å². The number of amides is 1. The van der Waals surface area contributed by atoms with Crippen LogP contribution < -0.4 is 11.1 Å². The second-order valence-corrected chi connectivity index (χ2v) is 4.21. The minimum Gasteiger partial charge on any atom is -0.392 e. The first-order chi connectivity index (χ1) is 7.49. The summed E-state index contributed by atoms with van der Waals surface area (Å²) in [6.45, 7) is 4.74. The molecule has 0 rings (SSSR count). The van der Waals surface area contributed by atoms with Crippen molar-refractivity contribution in [1.29, 1.82) is 0 Å². The number of thiocarbonyl (C=S) groups is 1. The topological polar surface area (TPSA) is 73.6 Å². The Morgan fingerprint density at radius 1 is 1.44 bits per heavy atom. The van der Waals surface area contributed by atoms with Crippen molar-refractivity contribution in [3.05, 3.63) is 0 Å². The van der Waals surface area contributed by atoms with E-state index in [0.29, 0.717) is 18.2 Å². The molecule has 94 valence electrons. The van der Waals surface area contributed by atoms with Crippen LogP contribution in [0, 0.1) is 5.92 Å². The number of carbonyl (C=O) groups is 1. The van der Waals surface area contributed by atoms with E-state index in [9.17, 15) is 4.79 Å². The molecule has 0 radical (unpaired) electrons. The van der Waals surface area contributed by atoms with E-state index in [1.54, 1.807) is 7.11 Å². The Morgan fingerprint density at radius 3 is 2.50 bits per heavy atom. The summed E-state index contributed by atoms with van der Waals surface area (Å²) in [4.78, 5) is 11.7. The molecule has 0 fully saturated rings. The Labute approximate surface area is 102 Å². The van der Waals surface area contributed by atoms with E-state index in [0.717, 1.165) is 0 Å². The summed E-state index contributed by atoms with van der Waals surface area (Å²) >= 11 is 4.87. The summed E-state index contributed by atoms with van der Waals surface area (Å²) in [6, 6.07) is -0.284. The summed E-state index contributed by atoms with van der Waals surface area (Å²) < 4.78 is 9.86. The Bertz CT molecular complexity index is 234. The zero-order chi connectivity index (χ0) is 12.6. The van der Waals surface area contributed by atoms with Gasteiger partial charge in [-0.2, -0.15) is 0 Å². The minimum absolute atomic E-state index is 0.00477. The van der Waals surface area contributed by atoms with Crippen LogP contribution in [0.1, 0.15) is 13.8 Å². The fraction of sp³-hybridized carbons (Fsp3) is 0.800. The fourth-order valence-corrected chi connectivity index (χ4v) is 1.42. The fourth-order valence-electron chi connectivity index (χ4n) is 1.09. The van der Waals surface area contributed by atoms with E-state index in [-0.39, 0.29) is 24.5 Å². The normalized spacial score (nSPS) is 12.5. The van der Waals surface area contributed by atoms with E-state index >= 15 is 0 Å². The van der Waals surface area contributed by atoms with Gasteiger partial charge in [0.25, 0.3) is 0 Å². The van der Waals surface area contributed by atoms with Gasteiger partial charge in [0.05, 0.1) is 24.2 Å². The van der Waals surface area contributed by atoms with E-state index in [2.05, 4.69) is 5.32 Å². The Hall–Kier alpha value is -0.720. The number of methoxy groups -OCH3 is 1. The molecule has 1 atom stereocenters. The molecule has 0 heterocycles. The number of rotatable bonds is 8. The maximum atomic E-state index is 11.4. The first kappa shape index (κ1) is 15.3. The molecular weight excluding hydrogens is 228 g/mol. The molecule has 0 bridgehead atoms. The van der Waals surface area contributed by atoms with Crippen molar-refractivity contribution in [2.45, 2.75) is 19.9 Å². The lowest BCUT2D eigenvalue weighted by Gasteiger charge is -2.20. The van der Waals surface area contributed by atoms with Crippen molar-refractivity contribution in [3.63, 3.8) is 0 Å². The third-order valence-electron chi connectivity index (χ3n) is 1.95. The van der Waals surface area contributed by atoms with Crippen molar-refractivity contribution in [1.82, 2.24) is 5.32 Å². The van der Waals surface area contributed by atoms with Crippen LogP contribution in [-0.4, -0.2) is 43.9 Å². The maximum Gasteiger partial charge on any atom is 0.246 e. The SMILES string of the molecule is COCCOCC(=O)NC(C(N)=S)C(C)C. The van der Waals surface area contributed by atoms with Gasteiger partial charge in [0.15, 0.2) is 0 Å². The lowest BCUT2D eigenvalue weighted by molar-refractivity contribution is -0.126. The second kappa shape index (κ2) is 8.43. The van der Waals surface area contributed by atoms with Gasteiger partial charge in [0.1, 0.15) is 6.61 Å². The van der Waals surface area contributed by atoms with Gasteiger partial charge in [0, 0.05) is 7.11 Å². The minimum atomic E-state index is -0.284. The molecule has 3 N–H and O–H groups in total. The molecule has 5 nitrogen and oxygen atoms in total. The molecule has 1 unspecified atom stereocenters. The first-order valence-electron chi connectivity index (χ1n) is 5.14. The number of nitrogens with two attached hydrogens (primary N) is 1. The lowest BCUT2D eigenvalue weighted by Crippen LogP contribution is -2.48. The molecule has 0 aliphatic rings. The maximum absolute atomic E-state index is 11.4. The van der Waals surface area contributed by atoms with Crippen molar-refractivity contribution in [3.8, 4) is 0 Å². The number of hydrogen-bond acceptors (Lipinski definition) is 4. The average molecular weight is 248 g/mol. The highest BCUT2D eigenvalue weighted by molar-refractivity contribution is 7.80. The molecule has 0 aromatic heterocycles. The molecule has 0 saturated heterocycles. The Morgan fingerprint density at radius 2 is 2.06 bits per heavy atom. The highest BCUT2D eigenvalue weighted by Gasteiger charge is 2.18. The van der Waals surface area contributed by atoms with E-state index < -0.39 is 0 Å². The zero-order valence-corrected chi connectivity index (χ0v) is 10.8. The van der Waals surface area contributed by atoms with Crippen LogP contribution in [0.25, 0.3) is 0 Å². The van der Waals surface area contributed by atoms with Gasteiger partial charge < -0.3 is 20.5 Å². The molecule has 0 aromatic carbocycles. The summed E-state index contributed by atoms with van der Waals surface area (Å²) in [5, 5.41) is 2.72. The molecule has 16 heavy (non-hydrogen) atoms. The number of nitrogens with one attached hydrogen (secondary N) is 1. The van der Waals surface area contributed by atoms with Gasteiger partial charge in [-0.25, -0.2) is 0 Å².